The largest absolute Gasteiger partial charge is 0.488 e. The number of carbonyl (C=O) groups excluding carboxylic acids is 1. The lowest BCUT2D eigenvalue weighted by molar-refractivity contribution is 0.0600. The molecular weight excluding hydrogens is 503 g/mol. The normalized spacial score (nSPS) is 11.3. The predicted octanol–water partition coefficient (Wildman–Crippen LogP) is 7.99. The third-order valence-corrected chi connectivity index (χ3v) is 7.03. The molecular formula is C34H29FN2O3. The number of hydrogen-bond acceptors (Lipinski definition) is 4. The monoisotopic (exact) mass is 532 g/mol. The average Bonchev–Trinajstić information content (AvgIpc) is 3.33. The van der Waals surface area contributed by atoms with Crippen LogP contribution in [-0.4, -0.2) is 17.6 Å². The van der Waals surface area contributed by atoms with E-state index in [0.717, 1.165) is 39.0 Å². The summed E-state index contributed by atoms with van der Waals surface area (Å²) in [6, 6.07) is 31.7. The number of fused-ring (bicyclic) bond motifs is 1. The van der Waals surface area contributed by atoms with Crippen molar-refractivity contribution in [3.05, 3.63) is 120 Å². The second kappa shape index (κ2) is 11.1. The van der Waals surface area contributed by atoms with Crippen LogP contribution < -0.4 is 4.74 Å². The van der Waals surface area contributed by atoms with Gasteiger partial charge < -0.3 is 14.0 Å². The zero-order valence-corrected chi connectivity index (χ0v) is 22.6. The van der Waals surface area contributed by atoms with Gasteiger partial charge in [0.15, 0.2) is 0 Å². The second-order valence-corrected chi connectivity index (χ2v) is 10.2. The fraction of sp³-hybridized carbons (Fsp3) is 0.176. The van der Waals surface area contributed by atoms with Gasteiger partial charge >= 0.3 is 5.97 Å². The molecule has 200 valence electrons. The van der Waals surface area contributed by atoms with Crippen LogP contribution in [-0.2, 0) is 16.8 Å². The van der Waals surface area contributed by atoms with Gasteiger partial charge in [-0.05, 0) is 59.7 Å². The lowest BCUT2D eigenvalue weighted by Crippen LogP contribution is -2.21. The summed E-state index contributed by atoms with van der Waals surface area (Å²) in [5.74, 6) is -0.0657. The van der Waals surface area contributed by atoms with Crippen molar-refractivity contribution in [1.82, 2.24) is 4.57 Å². The van der Waals surface area contributed by atoms with Crippen LogP contribution in [0.2, 0.25) is 0 Å². The van der Waals surface area contributed by atoms with Crippen LogP contribution in [0.3, 0.4) is 0 Å². The molecule has 0 aliphatic heterocycles. The second-order valence-electron chi connectivity index (χ2n) is 10.2. The summed E-state index contributed by atoms with van der Waals surface area (Å²) in [7, 11) is 1.35. The molecule has 40 heavy (non-hydrogen) atoms. The van der Waals surface area contributed by atoms with Gasteiger partial charge in [-0.2, -0.15) is 5.26 Å². The van der Waals surface area contributed by atoms with E-state index >= 15 is 0 Å². The number of nitriles is 1. The number of ether oxygens (including phenoxy) is 2. The molecule has 0 saturated heterocycles. The van der Waals surface area contributed by atoms with Crippen LogP contribution in [0.25, 0.3) is 27.7 Å². The predicted molar refractivity (Wildman–Crippen MR) is 154 cm³/mol. The Kier molecular flexibility index (Phi) is 7.39. The number of aromatic nitrogens is 1. The molecule has 4 aromatic carbocycles. The van der Waals surface area contributed by atoms with Gasteiger partial charge in [0.05, 0.1) is 29.6 Å². The molecule has 5 aromatic rings. The SMILES string of the molecule is COC(=O)c1ccc(-c2c(C(C)(C)CC#N)n(-c3ccc(F)cc3)c3cccc(OCc4ccccc4)c23)cc1. The highest BCUT2D eigenvalue weighted by molar-refractivity contribution is 6.04. The molecule has 0 aliphatic rings. The van der Waals surface area contributed by atoms with E-state index in [1.54, 1.807) is 24.3 Å². The maximum Gasteiger partial charge on any atom is 0.337 e. The zero-order chi connectivity index (χ0) is 28.3. The van der Waals surface area contributed by atoms with Gasteiger partial charge in [-0.15, -0.1) is 0 Å². The maximum atomic E-state index is 14.0. The van der Waals surface area contributed by atoms with E-state index < -0.39 is 11.4 Å². The Balaban J connectivity index is 1.83. The fourth-order valence-electron chi connectivity index (χ4n) is 5.12. The van der Waals surface area contributed by atoms with E-state index in [2.05, 4.69) is 10.6 Å². The Morgan fingerprint density at radius 3 is 2.27 bits per heavy atom. The molecule has 0 atom stereocenters. The smallest absolute Gasteiger partial charge is 0.337 e. The van der Waals surface area contributed by atoms with E-state index in [0.29, 0.717) is 17.9 Å². The van der Waals surface area contributed by atoms with Crippen molar-refractivity contribution in [2.45, 2.75) is 32.3 Å². The van der Waals surface area contributed by atoms with Crippen LogP contribution in [0.15, 0.2) is 97.1 Å². The minimum absolute atomic E-state index is 0.248. The molecule has 0 spiro atoms. The van der Waals surface area contributed by atoms with Crippen molar-refractivity contribution in [3.8, 4) is 28.6 Å². The first-order valence-corrected chi connectivity index (χ1v) is 13.0. The van der Waals surface area contributed by atoms with Gasteiger partial charge in [0.2, 0.25) is 0 Å². The summed E-state index contributed by atoms with van der Waals surface area (Å²) in [5.41, 5.74) is 5.13. The van der Waals surface area contributed by atoms with Crippen LogP contribution in [0.5, 0.6) is 5.75 Å². The number of esters is 1. The van der Waals surface area contributed by atoms with Crippen molar-refractivity contribution in [2.24, 2.45) is 0 Å². The van der Waals surface area contributed by atoms with Crippen molar-refractivity contribution < 1.29 is 18.7 Å². The number of methoxy groups -OCH3 is 1. The Labute approximate surface area is 233 Å². The molecule has 5 nitrogen and oxygen atoms in total. The molecule has 5 rings (SSSR count). The molecule has 0 fully saturated rings. The zero-order valence-electron chi connectivity index (χ0n) is 22.6. The minimum atomic E-state index is -0.602. The number of halogens is 1. The van der Waals surface area contributed by atoms with E-state index in [-0.39, 0.29) is 12.2 Å². The minimum Gasteiger partial charge on any atom is -0.488 e. The van der Waals surface area contributed by atoms with Gasteiger partial charge in [0, 0.05) is 28.8 Å². The number of hydrogen-bond donors (Lipinski definition) is 0. The van der Waals surface area contributed by atoms with Crippen LogP contribution >= 0.6 is 0 Å². The fourth-order valence-corrected chi connectivity index (χ4v) is 5.12. The van der Waals surface area contributed by atoms with Crippen LogP contribution in [0.4, 0.5) is 4.39 Å². The highest BCUT2D eigenvalue weighted by atomic mass is 19.1. The first kappa shape index (κ1) is 26.7. The van der Waals surface area contributed by atoms with Crippen LogP contribution in [0, 0.1) is 17.1 Å². The Morgan fingerprint density at radius 2 is 1.62 bits per heavy atom. The van der Waals surface area contributed by atoms with Gasteiger partial charge in [0.25, 0.3) is 0 Å². The highest BCUT2D eigenvalue weighted by Gasteiger charge is 2.33. The molecule has 1 heterocycles. The van der Waals surface area contributed by atoms with Gasteiger partial charge in [-0.1, -0.05) is 62.4 Å². The number of carbonyl (C=O) groups is 1. The summed E-state index contributed by atoms with van der Waals surface area (Å²) in [6.07, 6.45) is 0.248. The van der Waals surface area contributed by atoms with Gasteiger partial charge in [0.1, 0.15) is 18.2 Å². The molecule has 0 unspecified atom stereocenters. The van der Waals surface area contributed by atoms with Gasteiger partial charge in [-0.25, -0.2) is 9.18 Å². The van der Waals surface area contributed by atoms with Crippen molar-refractivity contribution in [3.63, 3.8) is 0 Å². The number of benzene rings is 4. The lowest BCUT2D eigenvalue weighted by Gasteiger charge is -2.26. The van der Waals surface area contributed by atoms with E-state index in [1.807, 2.05) is 74.5 Å². The van der Waals surface area contributed by atoms with E-state index in [9.17, 15) is 14.4 Å². The molecule has 6 heteroatoms. The third kappa shape index (κ3) is 5.06. The summed E-state index contributed by atoms with van der Waals surface area (Å²) in [5, 5.41) is 10.7. The van der Waals surface area contributed by atoms with Gasteiger partial charge in [-0.3, -0.25) is 0 Å². The Morgan fingerprint density at radius 1 is 0.925 bits per heavy atom. The highest BCUT2D eigenvalue weighted by Crippen LogP contribution is 2.47. The molecule has 0 amide bonds. The topological polar surface area (TPSA) is 64.2 Å². The molecule has 0 aliphatic carbocycles. The molecule has 0 N–H and O–H groups in total. The van der Waals surface area contributed by atoms with Crippen molar-refractivity contribution >= 4 is 16.9 Å². The Bertz CT molecular complexity index is 1700. The average molecular weight is 533 g/mol. The molecule has 1 aromatic heterocycles. The molecule has 0 radical (unpaired) electrons. The summed E-state index contributed by atoms with van der Waals surface area (Å²) < 4.78 is 27.4. The van der Waals surface area contributed by atoms with Crippen molar-refractivity contribution in [1.29, 1.82) is 5.26 Å². The maximum absolute atomic E-state index is 14.0. The van der Waals surface area contributed by atoms with E-state index in [1.165, 1.54) is 19.2 Å². The first-order valence-electron chi connectivity index (χ1n) is 13.0. The summed E-state index contributed by atoms with van der Waals surface area (Å²) >= 11 is 0. The number of rotatable bonds is 8. The summed E-state index contributed by atoms with van der Waals surface area (Å²) in [6.45, 7) is 4.43. The quantitative estimate of drug-likeness (QED) is 0.190. The van der Waals surface area contributed by atoms with E-state index in [4.69, 9.17) is 9.47 Å². The Hall–Kier alpha value is -4.89. The molecule has 0 saturated carbocycles. The van der Waals surface area contributed by atoms with Crippen LogP contribution in [0.1, 0.15) is 41.9 Å². The summed E-state index contributed by atoms with van der Waals surface area (Å²) in [4.78, 5) is 12.2. The standard InChI is InChI=1S/C34H29FN2O3/c1-34(2,20-21-36)32-30(24-12-14-25(15-13-24)33(38)39-3)31-28(37(32)27-18-16-26(35)17-19-27)10-7-11-29(31)40-22-23-8-5-4-6-9-23/h4-19H,20,22H2,1-3H3. The molecule has 0 bridgehead atoms. The first-order chi connectivity index (χ1) is 19.3. The lowest BCUT2D eigenvalue weighted by atomic mass is 9.81. The van der Waals surface area contributed by atoms with Crippen molar-refractivity contribution in [2.75, 3.05) is 7.11 Å². The third-order valence-electron chi connectivity index (χ3n) is 7.03. The number of nitrogens with zero attached hydrogens (tertiary/aromatic N) is 2.